The number of halogens is 2. The number of rotatable bonds is 5. The lowest BCUT2D eigenvalue weighted by molar-refractivity contribution is 0.411. The molecule has 21 heavy (non-hydrogen) atoms. The highest BCUT2D eigenvalue weighted by Crippen LogP contribution is 2.27. The van der Waals surface area contributed by atoms with Gasteiger partial charge in [0.1, 0.15) is 11.6 Å². The molecule has 0 heterocycles. The van der Waals surface area contributed by atoms with E-state index in [2.05, 4.69) is 5.43 Å². The Balaban J connectivity index is 2.25. The van der Waals surface area contributed by atoms with Gasteiger partial charge in [0.2, 0.25) is 0 Å². The average molecular weight is 309 g/mol. The Labute approximate surface area is 128 Å². The molecule has 0 saturated heterocycles. The van der Waals surface area contributed by atoms with Crippen molar-refractivity contribution in [2.75, 3.05) is 7.11 Å². The number of hydrogen-bond acceptors (Lipinski definition) is 3. The minimum Gasteiger partial charge on any atom is -0.496 e. The molecule has 0 spiro atoms. The number of nitrogens with one attached hydrogen (secondary N) is 1. The Bertz CT molecular complexity index is 634. The van der Waals surface area contributed by atoms with Crippen LogP contribution in [0.3, 0.4) is 0 Å². The fourth-order valence-corrected chi connectivity index (χ4v) is 2.54. The largest absolute Gasteiger partial charge is 0.496 e. The predicted molar refractivity (Wildman–Crippen MR) is 82.9 cm³/mol. The number of nitrogens with two attached hydrogens (primary N) is 1. The summed E-state index contributed by atoms with van der Waals surface area (Å²) in [5, 5.41) is 0.403. The van der Waals surface area contributed by atoms with E-state index >= 15 is 0 Å². The lowest BCUT2D eigenvalue weighted by atomic mass is 9.97. The van der Waals surface area contributed by atoms with Gasteiger partial charge in [-0.3, -0.25) is 11.3 Å². The van der Waals surface area contributed by atoms with E-state index in [-0.39, 0.29) is 11.9 Å². The van der Waals surface area contributed by atoms with Gasteiger partial charge in [-0.15, -0.1) is 0 Å². The molecular formula is C16H18ClFN2O. The molecule has 2 rings (SSSR count). The van der Waals surface area contributed by atoms with Gasteiger partial charge in [0, 0.05) is 5.02 Å². The van der Waals surface area contributed by atoms with E-state index in [9.17, 15) is 4.39 Å². The van der Waals surface area contributed by atoms with Crippen molar-refractivity contribution in [2.24, 2.45) is 5.84 Å². The van der Waals surface area contributed by atoms with Crippen molar-refractivity contribution in [3.05, 3.63) is 63.9 Å². The van der Waals surface area contributed by atoms with E-state index in [4.69, 9.17) is 22.2 Å². The molecule has 1 unspecified atom stereocenters. The standard InChI is InChI=1S/C16H18ClFN2O/c1-10-7-12(4-6-16(10)21-2)15(20-19)8-11-3-5-13(18)9-14(11)17/h3-7,9,15,20H,8,19H2,1-2H3. The molecule has 112 valence electrons. The van der Waals surface area contributed by atoms with Crippen LogP contribution in [0.1, 0.15) is 22.7 Å². The third kappa shape index (κ3) is 3.73. The van der Waals surface area contributed by atoms with Crippen molar-refractivity contribution in [1.82, 2.24) is 5.43 Å². The SMILES string of the molecule is COc1ccc(C(Cc2ccc(F)cc2Cl)NN)cc1C. The van der Waals surface area contributed by atoms with E-state index in [0.29, 0.717) is 11.4 Å². The molecule has 2 aromatic rings. The van der Waals surface area contributed by atoms with Crippen LogP contribution >= 0.6 is 11.6 Å². The first-order valence-electron chi connectivity index (χ1n) is 6.59. The summed E-state index contributed by atoms with van der Waals surface area (Å²) in [6.45, 7) is 1.97. The lowest BCUT2D eigenvalue weighted by Crippen LogP contribution is -2.29. The third-order valence-corrected chi connectivity index (χ3v) is 3.81. The van der Waals surface area contributed by atoms with E-state index in [0.717, 1.165) is 22.4 Å². The van der Waals surface area contributed by atoms with E-state index in [1.807, 2.05) is 25.1 Å². The van der Waals surface area contributed by atoms with Gasteiger partial charge in [0.05, 0.1) is 13.2 Å². The highest BCUT2D eigenvalue weighted by molar-refractivity contribution is 6.31. The predicted octanol–water partition coefficient (Wildman–Crippen LogP) is 3.54. The first-order chi connectivity index (χ1) is 10.0. The maximum absolute atomic E-state index is 13.1. The third-order valence-electron chi connectivity index (χ3n) is 3.46. The second kappa shape index (κ2) is 6.89. The smallest absolute Gasteiger partial charge is 0.124 e. The summed E-state index contributed by atoms with van der Waals surface area (Å²) in [5.74, 6) is 6.14. The second-order valence-electron chi connectivity index (χ2n) is 4.89. The van der Waals surface area contributed by atoms with Gasteiger partial charge >= 0.3 is 0 Å². The molecule has 0 bridgehead atoms. The van der Waals surface area contributed by atoms with Crippen molar-refractivity contribution < 1.29 is 9.13 Å². The maximum atomic E-state index is 13.1. The zero-order valence-electron chi connectivity index (χ0n) is 12.0. The fourth-order valence-electron chi connectivity index (χ4n) is 2.30. The molecule has 0 fully saturated rings. The van der Waals surface area contributed by atoms with Crippen LogP contribution in [0, 0.1) is 12.7 Å². The van der Waals surface area contributed by atoms with E-state index in [1.165, 1.54) is 12.1 Å². The molecule has 1 atom stereocenters. The molecule has 0 saturated carbocycles. The fraction of sp³-hybridized carbons (Fsp3) is 0.250. The summed E-state index contributed by atoms with van der Waals surface area (Å²) in [7, 11) is 1.64. The van der Waals surface area contributed by atoms with Crippen LogP contribution in [0.15, 0.2) is 36.4 Å². The molecule has 0 aliphatic heterocycles. The van der Waals surface area contributed by atoms with Gasteiger partial charge in [-0.25, -0.2) is 4.39 Å². The first kappa shape index (κ1) is 15.8. The van der Waals surface area contributed by atoms with Crippen LogP contribution < -0.4 is 16.0 Å². The molecule has 0 aliphatic carbocycles. The van der Waals surface area contributed by atoms with Crippen LogP contribution in [0.25, 0.3) is 0 Å². The van der Waals surface area contributed by atoms with E-state index in [1.54, 1.807) is 13.2 Å². The van der Waals surface area contributed by atoms with Crippen LogP contribution in [0.2, 0.25) is 5.02 Å². The Morgan fingerprint density at radius 2 is 2.05 bits per heavy atom. The quantitative estimate of drug-likeness (QED) is 0.656. The summed E-state index contributed by atoms with van der Waals surface area (Å²) in [6, 6.07) is 10.1. The zero-order valence-corrected chi connectivity index (χ0v) is 12.7. The summed E-state index contributed by atoms with van der Waals surface area (Å²) in [6.07, 6.45) is 0.571. The number of hydrogen-bond donors (Lipinski definition) is 2. The Hall–Kier alpha value is -1.62. The molecule has 3 nitrogen and oxygen atoms in total. The molecule has 5 heteroatoms. The van der Waals surface area contributed by atoms with Crippen molar-refractivity contribution >= 4 is 11.6 Å². The van der Waals surface area contributed by atoms with Gasteiger partial charge in [-0.1, -0.05) is 29.8 Å². The molecule has 0 amide bonds. The number of ether oxygens (including phenoxy) is 1. The molecule has 2 aromatic carbocycles. The van der Waals surface area contributed by atoms with Gasteiger partial charge in [0.15, 0.2) is 0 Å². The molecule has 0 aromatic heterocycles. The van der Waals surface area contributed by atoms with Crippen LogP contribution in [0.5, 0.6) is 5.75 Å². The normalized spacial score (nSPS) is 12.2. The van der Waals surface area contributed by atoms with E-state index < -0.39 is 0 Å². The number of benzene rings is 2. The van der Waals surface area contributed by atoms with Crippen molar-refractivity contribution in [2.45, 2.75) is 19.4 Å². The summed E-state index contributed by atoms with van der Waals surface area (Å²) in [5.41, 5.74) is 5.67. The Kier molecular flexibility index (Phi) is 5.17. The van der Waals surface area contributed by atoms with Crippen molar-refractivity contribution in [1.29, 1.82) is 0 Å². The van der Waals surface area contributed by atoms with Gasteiger partial charge in [0.25, 0.3) is 0 Å². The van der Waals surface area contributed by atoms with Crippen molar-refractivity contribution in [3.8, 4) is 5.75 Å². The van der Waals surface area contributed by atoms with Gasteiger partial charge in [-0.2, -0.15) is 0 Å². The minimum absolute atomic E-state index is 0.113. The van der Waals surface area contributed by atoms with Crippen molar-refractivity contribution in [3.63, 3.8) is 0 Å². The Morgan fingerprint density at radius 3 is 2.62 bits per heavy atom. The second-order valence-corrected chi connectivity index (χ2v) is 5.30. The number of aryl methyl sites for hydroxylation is 1. The first-order valence-corrected chi connectivity index (χ1v) is 6.97. The Morgan fingerprint density at radius 1 is 1.29 bits per heavy atom. The summed E-state index contributed by atoms with van der Waals surface area (Å²) < 4.78 is 18.3. The monoisotopic (exact) mass is 308 g/mol. The molecule has 3 N–H and O–H groups in total. The topological polar surface area (TPSA) is 47.3 Å². The van der Waals surface area contributed by atoms with Crippen LogP contribution in [-0.2, 0) is 6.42 Å². The van der Waals surface area contributed by atoms with Crippen LogP contribution in [-0.4, -0.2) is 7.11 Å². The summed E-state index contributed by atoms with van der Waals surface area (Å²) >= 11 is 6.07. The molecule has 0 aliphatic rings. The van der Waals surface area contributed by atoms with Crippen LogP contribution in [0.4, 0.5) is 4.39 Å². The molecular weight excluding hydrogens is 291 g/mol. The average Bonchev–Trinajstić information content (AvgIpc) is 2.46. The maximum Gasteiger partial charge on any atom is 0.124 e. The number of hydrazine groups is 1. The van der Waals surface area contributed by atoms with Gasteiger partial charge in [-0.05, 0) is 48.2 Å². The number of methoxy groups -OCH3 is 1. The minimum atomic E-state index is -0.346. The zero-order chi connectivity index (χ0) is 15.4. The highest BCUT2D eigenvalue weighted by Gasteiger charge is 2.14. The molecule has 0 radical (unpaired) electrons. The summed E-state index contributed by atoms with van der Waals surface area (Å²) in [4.78, 5) is 0. The highest BCUT2D eigenvalue weighted by atomic mass is 35.5. The lowest BCUT2D eigenvalue weighted by Gasteiger charge is -2.18. The van der Waals surface area contributed by atoms with Gasteiger partial charge < -0.3 is 4.74 Å².